The van der Waals surface area contributed by atoms with E-state index in [-0.39, 0.29) is 16.9 Å². The van der Waals surface area contributed by atoms with Crippen LogP contribution in [0.3, 0.4) is 0 Å². The Kier molecular flexibility index (Phi) is 4.34. The third-order valence-corrected chi connectivity index (χ3v) is 3.19. The molecule has 1 atom stereocenters. The topological polar surface area (TPSA) is 77.1 Å². The van der Waals surface area contributed by atoms with Crippen molar-refractivity contribution in [2.75, 3.05) is 5.32 Å². The molecule has 1 aromatic rings. The Morgan fingerprint density at radius 2 is 2.06 bits per heavy atom. The number of hydrogen-bond donors (Lipinski definition) is 2. The van der Waals surface area contributed by atoms with Crippen molar-refractivity contribution in [1.82, 2.24) is 4.57 Å². The molecular weight excluding hydrogens is 298 g/mol. The number of nitrogens with one attached hydrogen (secondary N) is 1. The molecule has 0 aromatic carbocycles. The first-order valence-electron chi connectivity index (χ1n) is 5.55. The lowest BCUT2D eigenvalue weighted by Crippen LogP contribution is -2.45. The molecule has 1 rings (SSSR count). The van der Waals surface area contributed by atoms with E-state index in [0.29, 0.717) is 10.2 Å². The second-order valence-corrected chi connectivity index (χ2v) is 6.18. The summed E-state index contributed by atoms with van der Waals surface area (Å²) in [5.41, 5.74) is 5.91. The van der Waals surface area contributed by atoms with Gasteiger partial charge in [0.15, 0.2) is 0 Å². The lowest BCUT2D eigenvalue weighted by Gasteiger charge is -2.25. The molecule has 0 bridgehead atoms. The summed E-state index contributed by atoms with van der Waals surface area (Å²) in [6.45, 7) is 5.69. The van der Waals surface area contributed by atoms with Crippen LogP contribution in [0.15, 0.2) is 21.5 Å². The van der Waals surface area contributed by atoms with Crippen molar-refractivity contribution in [2.45, 2.75) is 26.8 Å². The van der Waals surface area contributed by atoms with Crippen molar-refractivity contribution in [1.29, 1.82) is 0 Å². The molecular formula is C12H18BrN3O2. The summed E-state index contributed by atoms with van der Waals surface area (Å²) in [5, 5.41) is 2.70. The maximum absolute atomic E-state index is 11.9. The third-order valence-electron chi connectivity index (χ3n) is 2.62. The number of carbonyl (C=O) groups excluding carboxylic acids is 1. The van der Waals surface area contributed by atoms with E-state index < -0.39 is 6.04 Å². The van der Waals surface area contributed by atoms with Gasteiger partial charge in [-0.15, -0.1) is 0 Å². The summed E-state index contributed by atoms with van der Waals surface area (Å²) in [5.74, 6) is -0.270. The van der Waals surface area contributed by atoms with Gasteiger partial charge in [0, 0.05) is 13.2 Å². The Labute approximate surface area is 114 Å². The van der Waals surface area contributed by atoms with E-state index in [1.165, 1.54) is 4.57 Å². The molecule has 100 valence electrons. The number of anilines is 1. The van der Waals surface area contributed by atoms with Crippen molar-refractivity contribution >= 4 is 27.5 Å². The molecule has 0 radical (unpaired) electrons. The van der Waals surface area contributed by atoms with Crippen molar-refractivity contribution in [3.05, 3.63) is 27.1 Å². The van der Waals surface area contributed by atoms with Crippen LogP contribution in [-0.2, 0) is 11.8 Å². The fourth-order valence-corrected chi connectivity index (χ4v) is 1.88. The van der Waals surface area contributed by atoms with Crippen LogP contribution < -0.4 is 16.6 Å². The van der Waals surface area contributed by atoms with Gasteiger partial charge >= 0.3 is 0 Å². The van der Waals surface area contributed by atoms with Crippen molar-refractivity contribution in [3.63, 3.8) is 0 Å². The summed E-state index contributed by atoms with van der Waals surface area (Å²) in [7, 11) is 1.62. The van der Waals surface area contributed by atoms with Gasteiger partial charge in [0.25, 0.3) is 5.56 Å². The van der Waals surface area contributed by atoms with Crippen LogP contribution in [0.25, 0.3) is 0 Å². The largest absolute Gasteiger partial charge is 0.323 e. The van der Waals surface area contributed by atoms with Crippen LogP contribution >= 0.6 is 15.9 Å². The summed E-state index contributed by atoms with van der Waals surface area (Å²) >= 11 is 3.15. The number of nitrogens with two attached hydrogens (primary N) is 1. The fraction of sp³-hybridized carbons (Fsp3) is 0.500. The number of hydrogen-bond acceptors (Lipinski definition) is 3. The average Bonchev–Trinajstić information content (AvgIpc) is 2.23. The molecule has 18 heavy (non-hydrogen) atoms. The second kappa shape index (κ2) is 5.24. The smallest absolute Gasteiger partial charge is 0.264 e. The molecule has 5 nitrogen and oxygen atoms in total. The van der Waals surface area contributed by atoms with E-state index >= 15 is 0 Å². The van der Waals surface area contributed by atoms with Crippen LogP contribution in [0.4, 0.5) is 5.69 Å². The van der Waals surface area contributed by atoms with Crippen LogP contribution in [0, 0.1) is 5.41 Å². The van der Waals surface area contributed by atoms with E-state index in [2.05, 4.69) is 21.2 Å². The second-order valence-electron chi connectivity index (χ2n) is 5.33. The van der Waals surface area contributed by atoms with Gasteiger partial charge in [-0.2, -0.15) is 0 Å². The minimum absolute atomic E-state index is 0.159. The van der Waals surface area contributed by atoms with Crippen LogP contribution in [-0.4, -0.2) is 16.5 Å². The Hall–Kier alpha value is -1.14. The normalized spacial score (nSPS) is 13.2. The number of carbonyl (C=O) groups is 1. The van der Waals surface area contributed by atoms with Gasteiger partial charge in [-0.1, -0.05) is 20.8 Å². The third kappa shape index (κ3) is 3.43. The first kappa shape index (κ1) is 14.9. The average molecular weight is 316 g/mol. The van der Waals surface area contributed by atoms with Crippen LogP contribution in [0.2, 0.25) is 0 Å². The minimum atomic E-state index is -0.617. The zero-order valence-corrected chi connectivity index (χ0v) is 12.5. The van der Waals surface area contributed by atoms with Gasteiger partial charge in [-0.25, -0.2) is 0 Å². The fourth-order valence-electron chi connectivity index (χ4n) is 1.35. The van der Waals surface area contributed by atoms with E-state index in [4.69, 9.17) is 5.73 Å². The van der Waals surface area contributed by atoms with Gasteiger partial charge in [0.05, 0.1) is 16.2 Å². The quantitative estimate of drug-likeness (QED) is 0.867. The van der Waals surface area contributed by atoms with Crippen molar-refractivity contribution in [3.8, 4) is 0 Å². The Balaban J connectivity index is 2.93. The van der Waals surface area contributed by atoms with E-state index in [1.807, 2.05) is 20.8 Å². The molecule has 1 heterocycles. The summed E-state index contributed by atoms with van der Waals surface area (Å²) in [4.78, 5) is 23.4. The number of pyridine rings is 1. The van der Waals surface area contributed by atoms with Crippen LogP contribution in [0.1, 0.15) is 20.8 Å². The highest BCUT2D eigenvalue weighted by molar-refractivity contribution is 9.10. The molecule has 0 unspecified atom stereocenters. The van der Waals surface area contributed by atoms with Crippen molar-refractivity contribution in [2.24, 2.45) is 18.2 Å². The van der Waals surface area contributed by atoms with Gasteiger partial charge in [0.1, 0.15) is 0 Å². The molecule has 0 aliphatic carbocycles. The zero-order valence-electron chi connectivity index (χ0n) is 11.0. The molecule has 6 heteroatoms. The first-order valence-corrected chi connectivity index (χ1v) is 6.35. The maximum Gasteiger partial charge on any atom is 0.264 e. The zero-order chi connectivity index (χ0) is 14.1. The van der Waals surface area contributed by atoms with E-state index in [9.17, 15) is 9.59 Å². The Bertz CT molecular complexity index is 491. The maximum atomic E-state index is 11.9. The van der Waals surface area contributed by atoms with Crippen LogP contribution in [0.5, 0.6) is 0 Å². The van der Waals surface area contributed by atoms with Gasteiger partial charge < -0.3 is 15.6 Å². The van der Waals surface area contributed by atoms with Crippen molar-refractivity contribution < 1.29 is 4.79 Å². The number of amides is 1. The Morgan fingerprint density at radius 1 is 1.50 bits per heavy atom. The monoisotopic (exact) mass is 315 g/mol. The number of halogens is 1. The number of aromatic nitrogens is 1. The highest BCUT2D eigenvalue weighted by atomic mass is 79.9. The van der Waals surface area contributed by atoms with Gasteiger partial charge in [0.2, 0.25) is 5.91 Å². The Morgan fingerprint density at radius 3 is 2.50 bits per heavy atom. The molecule has 3 N–H and O–H groups in total. The molecule has 0 fully saturated rings. The number of aryl methyl sites for hydroxylation is 1. The highest BCUT2D eigenvalue weighted by Crippen LogP contribution is 2.19. The summed E-state index contributed by atoms with van der Waals surface area (Å²) < 4.78 is 1.79. The van der Waals surface area contributed by atoms with Gasteiger partial charge in [-0.3, -0.25) is 9.59 Å². The predicted molar refractivity (Wildman–Crippen MR) is 75.4 cm³/mol. The lowest BCUT2D eigenvalue weighted by molar-refractivity contribution is -0.119. The molecule has 0 aliphatic rings. The lowest BCUT2D eigenvalue weighted by atomic mass is 9.87. The summed E-state index contributed by atoms with van der Waals surface area (Å²) in [6.07, 6.45) is 1.56. The number of rotatable bonds is 2. The molecule has 0 aliphatic heterocycles. The predicted octanol–water partition coefficient (Wildman–Crippen LogP) is 1.46. The summed E-state index contributed by atoms with van der Waals surface area (Å²) in [6, 6.07) is 0.948. The minimum Gasteiger partial charge on any atom is -0.323 e. The van der Waals surface area contributed by atoms with E-state index in [1.54, 1.807) is 19.3 Å². The van der Waals surface area contributed by atoms with Gasteiger partial charge in [-0.05, 0) is 27.4 Å². The number of nitrogens with zero attached hydrogens (tertiary/aromatic N) is 1. The molecule has 1 aromatic heterocycles. The SMILES string of the molecule is Cn1cc(NC(=O)[C@@H](N)C(C)(C)C)cc(Br)c1=O. The highest BCUT2D eigenvalue weighted by Gasteiger charge is 2.27. The van der Waals surface area contributed by atoms with E-state index in [0.717, 1.165) is 0 Å². The standard InChI is InChI=1S/C12H18BrN3O2/c1-12(2,3)9(14)10(17)15-7-5-8(13)11(18)16(4)6-7/h5-6,9H,14H2,1-4H3,(H,15,17)/t9-/m1/s1. The molecule has 1 amide bonds. The molecule has 0 saturated carbocycles. The molecule has 0 saturated heterocycles. The first-order chi connectivity index (χ1) is 8.12. The molecule has 0 spiro atoms.